The summed E-state index contributed by atoms with van der Waals surface area (Å²) in [5.41, 5.74) is 0.813. The molecule has 27 heavy (non-hydrogen) atoms. The van der Waals surface area contributed by atoms with Crippen LogP contribution < -0.4 is 9.44 Å². The highest BCUT2D eigenvalue weighted by molar-refractivity contribution is 7.95. The summed E-state index contributed by atoms with van der Waals surface area (Å²) in [5, 5.41) is 5.14. The van der Waals surface area contributed by atoms with E-state index in [1.54, 1.807) is 6.92 Å². The molecule has 1 atom stereocenters. The van der Waals surface area contributed by atoms with Crippen molar-refractivity contribution in [2.24, 2.45) is 5.14 Å². The first-order valence-electron chi connectivity index (χ1n) is 7.83. The third kappa shape index (κ3) is 3.47. The molecule has 3 rings (SSSR count). The summed E-state index contributed by atoms with van der Waals surface area (Å²) in [6.45, 7) is 1.66. The fourth-order valence-electron chi connectivity index (χ4n) is 3.20. The average Bonchev–Trinajstić information content (AvgIpc) is 2.88. The van der Waals surface area contributed by atoms with Gasteiger partial charge in [0.25, 0.3) is 10.0 Å². The largest absolute Gasteiger partial charge is 0.265 e. The van der Waals surface area contributed by atoms with Crippen LogP contribution in [0.4, 0.5) is 5.69 Å². The average molecular weight is 431 g/mol. The van der Waals surface area contributed by atoms with Crippen molar-refractivity contribution in [2.45, 2.75) is 34.1 Å². The van der Waals surface area contributed by atoms with Crippen molar-refractivity contribution in [2.75, 3.05) is 10.6 Å². The third-order valence-corrected chi connectivity index (χ3v) is 8.50. The van der Waals surface area contributed by atoms with Crippen molar-refractivity contribution in [1.29, 1.82) is 0 Å². The maximum atomic E-state index is 13.3. The van der Waals surface area contributed by atoms with Gasteiger partial charge >= 0.3 is 0 Å². The van der Waals surface area contributed by atoms with Gasteiger partial charge in [-0.3, -0.25) is 4.31 Å². The van der Waals surface area contributed by atoms with Gasteiger partial charge < -0.3 is 0 Å². The number of nitrogens with two attached hydrogens (primary N) is 1. The van der Waals surface area contributed by atoms with Crippen molar-refractivity contribution in [1.82, 2.24) is 0 Å². The molecule has 146 valence electrons. The number of anilines is 1. The van der Waals surface area contributed by atoms with Crippen LogP contribution in [0.25, 0.3) is 0 Å². The van der Waals surface area contributed by atoms with Gasteiger partial charge in [-0.1, -0.05) is 12.1 Å². The lowest BCUT2D eigenvalue weighted by Crippen LogP contribution is -2.36. The molecule has 0 saturated carbocycles. The Kier molecular flexibility index (Phi) is 4.62. The highest BCUT2D eigenvalue weighted by Crippen LogP contribution is 2.38. The van der Waals surface area contributed by atoms with Gasteiger partial charge in [0.2, 0.25) is 10.0 Å². The molecular weight excluding hydrogens is 412 g/mol. The number of hydrogen-bond donors (Lipinski definition) is 1. The normalized spacial score (nSPS) is 17.7. The maximum Gasteiger partial charge on any atom is 0.265 e. The van der Waals surface area contributed by atoms with Crippen molar-refractivity contribution in [3.63, 3.8) is 0 Å². The molecule has 0 spiro atoms. The Morgan fingerprint density at radius 3 is 2.11 bits per heavy atom. The molecular formula is C16H18N2O6S3. The quantitative estimate of drug-likeness (QED) is 0.766. The zero-order valence-corrected chi connectivity index (χ0v) is 17.0. The predicted octanol–water partition coefficient (Wildman–Crippen LogP) is 0.877. The van der Waals surface area contributed by atoms with Crippen LogP contribution in [0, 0.1) is 0 Å². The zero-order chi connectivity index (χ0) is 20.2. The number of sulfonamides is 2. The number of primary sulfonamides is 1. The molecule has 0 radical (unpaired) electrons. The Labute approximate surface area is 158 Å². The Morgan fingerprint density at radius 2 is 1.56 bits per heavy atom. The summed E-state index contributed by atoms with van der Waals surface area (Å²) in [6, 6.07) is 8.83. The molecule has 0 fully saturated rings. The van der Waals surface area contributed by atoms with Crippen LogP contribution >= 0.6 is 0 Å². The number of fused-ring (bicyclic) bond motifs is 1. The minimum Gasteiger partial charge on any atom is -0.263 e. The smallest absolute Gasteiger partial charge is 0.263 e. The van der Waals surface area contributed by atoms with Crippen LogP contribution in [-0.4, -0.2) is 37.6 Å². The first-order chi connectivity index (χ1) is 12.3. The molecule has 11 heteroatoms. The molecule has 1 heterocycles. The molecule has 8 nitrogen and oxygen atoms in total. The number of rotatable bonds is 4. The van der Waals surface area contributed by atoms with Gasteiger partial charge in [0, 0.05) is 12.3 Å². The fourth-order valence-corrected chi connectivity index (χ4v) is 7.06. The topological polar surface area (TPSA) is 132 Å². The van der Waals surface area contributed by atoms with Gasteiger partial charge in [0.05, 0.1) is 15.5 Å². The Hall–Kier alpha value is -1.95. The van der Waals surface area contributed by atoms with Gasteiger partial charge in [-0.05, 0) is 49.2 Å². The predicted molar refractivity (Wildman–Crippen MR) is 100 cm³/mol. The van der Waals surface area contributed by atoms with Gasteiger partial charge in [-0.2, -0.15) is 0 Å². The van der Waals surface area contributed by atoms with E-state index >= 15 is 0 Å². The number of benzene rings is 2. The summed E-state index contributed by atoms with van der Waals surface area (Å²) in [4.78, 5) is -0.709. The fraction of sp³-hybridized carbons (Fsp3) is 0.250. The van der Waals surface area contributed by atoms with Crippen LogP contribution in [0.3, 0.4) is 0 Å². The maximum absolute atomic E-state index is 13.3. The zero-order valence-electron chi connectivity index (χ0n) is 14.5. The van der Waals surface area contributed by atoms with E-state index in [1.807, 2.05) is 0 Å². The van der Waals surface area contributed by atoms with Crippen molar-refractivity contribution >= 4 is 35.6 Å². The molecule has 1 aliphatic heterocycles. The summed E-state index contributed by atoms with van der Waals surface area (Å²) in [5.74, 6) is 0. The van der Waals surface area contributed by atoms with E-state index in [-0.39, 0.29) is 21.1 Å². The summed E-state index contributed by atoms with van der Waals surface area (Å²) < 4.78 is 74.8. The molecule has 0 amide bonds. The lowest BCUT2D eigenvalue weighted by molar-refractivity contribution is 0.576. The number of nitrogens with zero attached hydrogens (tertiary/aromatic N) is 1. The van der Waals surface area contributed by atoms with E-state index in [0.29, 0.717) is 11.3 Å². The van der Waals surface area contributed by atoms with Crippen LogP contribution in [-0.2, 0) is 36.3 Å². The molecule has 0 bridgehead atoms. The van der Waals surface area contributed by atoms with Crippen LogP contribution in [0.15, 0.2) is 57.2 Å². The molecule has 0 aromatic heterocycles. The molecule has 0 saturated heterocycles. The minimum atomic E-state index is -4.19. The van der Waals surface area contributed by atoms with Crippen molar-refractivity contribution < 1.29 is 25.3 Å². The Morgan fingerprint density at radius 1 is 0.963 bits per heavy atom. The monoisotopic (exact) mass is 430 g/mol. The van der Waals surface area contributed by atoms with Crippen molar-refractivity contribution in [3.8, 4) is 0 Å². The van der Waals surface area contributed by atoms with Crippen molar-refractivity contribution in [3.05, 3.63) is 48.0 Å². The van der Waals surface area contributed by atoms with Crippen LogP contribution in [0.1, 0.15) is 12.5 Å². The van der Waals surface area contributed by atoms with E-state index < -0.39 is 35.9 Å². The molecule has 2 aromatic rings. The lowest BCUT2D eigenvalue weighted by Gasteiger charge is -2.25. The van der Waals surface area contributed by atoms with E-state index in [1.165, 1.54) is 42.5 Å². The Balaban J connectivity index is 2.20. The van der Waals surface area contributed by atoms with Crippen LogP contribution in [0.2, 0.25) is 0 Å². The molecule has 0 unspecified atom stereocenters. The van der Waals surface area contributed by atoms with Gasteiger partial charge in [0.15, 0.2) is 9.84 Å². The van der Waals surface area contributed by atoms with E-state index in [4.69, 9.17) is 5.14 Å². The first kappa shape index (κ1) is 19.8. The molecule has 1 aliphatic rings. The first-order valence-corrected chi connectivity index (χ1v) is 12.7. The lowest BCUT2D eigenvalue weighted by atomic mass is 10.1. The second-order valence-corrected chi connectivity index (χ2v) is 11.7. The highest BCUT2D eigenvalue weighted by atomic mass is 32.2. The second-order valence-electron chi connectivity index (χ2n) is 6.41. The molecule has 2 N–H and O–H groups in total. The number of hydrogen-bond acceptors (Lipinski definition) is 6. The van der Waals surface area contributed by atoms with Gasteiger partial charge in [-0.25, -0.2) is 30.4 Å². The SMILES string of the molecule is C[C@H]1Cc2cc(S(N)(=O)=O)ccc2N1S(=O)(=O)c1ccccc1S(C)(=O)=O. The Bertz CT molecular complexity index is 1230. The minimum absolute atomic E-state index is 0.107. The highest BCUT2D eigenvalue weighted by Gasteiger charge is 2.38. The second kappa shape index (κ2) is 6.30. The van der Waals surface area contributed by atoms with Gasteiger partial charge in [-0.15, -0.1) is 0 Å². The van der Waals surface area contributed by atoms with E-state index in [0.717, 1.165) is 10.6 Å². The van der Waals surface area contributed by atoms with Gasteiger partial charge in [0.1, 0.15) is 4.90 Å². The standard InChI is InChI=1S/C16H18N2O6S3/c1-11-9-12-10-13(26(17,21)22)7-8-14(12)18(11)27(23,24)16-6-4-3-5-15(16)25(2,19)20/h3-8,10-11H,9H2,1-2H3,(H2,17,21,22)/t11-/m0/s1. The molecule has 2 aromatic carbocycles. The summed E-state index contributed by atoms with van der Waals surface area (Å²) in [7, 11) is -11.9. The molecule has 0 aliphatic carbocycles. The third-order valence-electron chi connectivity index (χ3n) is 4.32. The number of sulfone groups is 1. The van der Waals surface area contributed by atoms with Crippen LogP contribution in [0.5, 0.6) is 0 Å². The van der Waals surface area contributed by atoms with E-state index in [2.05, 4.69) is 0 Å². The van der Waals surface area contributed by atoms with E-state index in [9.17, 15) is 25.3 Å². The summed E-state index contributed by atoms with van der Waals surface area (Å²) >= 11 is 0. The summed E-state index contributed by atoms with van der Waals surface area (Å²) in [6.07, 6.45) is 1.22.